The van der Waals surface area contributed by atoms with Crippen molar-refractivity contribution < 1.29 is 9.59 Å². The van der Waals surface area contributed by atoms with Crippen LogP contribution in [0, 0.1) is 12.3 Å². The molecule has 2 saturated heterocycles. The first-order valence-electron chi connectivity index (χ1n) is 5.71. The Morgan fingerprint density at radius 3 is 2.88 bits per heavy atom. The van der Waals surface area contributed by atoms with E-state index in [2.05, 4.69) is 5.92 Å². The number of nitrogens with zero attached hydrogens (tertiary/aromatic N) is 2. The van der Waals surface area contributed by atoms with E-state index in [1.165, 1.54) is 0 Å². The van der Waals surface area contributed by atoms with Crippen molar-refractivity contribution in [2.24, 2.45) is 0 Å². The lowest BCUT2D eigenvalue weighted by Gasteiger charge is -2.40. The lowest BCUT2D eigenvalue weighted by molar-refractivity contribution is -0.158. The van der Waals surface area contributed by atoms with Crippen molar-refractivity contribution >= 4 is 11.8 Å². The Bertz CT molecular complexity index is 359. The molecule has 86 valence electrons. The van der Waals surface area contributed by atoms with Gasteiger partial charge in [-0.25, -0.2) is 0 Å². The number of amides is 2. The van der Waals surface area contributed by atoms with E-state index in [-0.39, 0.29) is 23.9 Å². The Balaban J connectivity index is 2.17. The number of hydrogen-bond acceptors (Lipinski definition) is 2. The molecular weight excluding hydrogens is 204 g/mol. The van der Waals surface area contributed by atoms with Gasteiger partial charge in [-0.05, 0) is 19.8 Å². The third-order valence-corrected chi connectivity index (χ3v) is 3.43. The molecule has 4 heteroatoms. The second-order valence-corrected chi connectivity index (χ2v) is 4.35. The molecule has 0 aliphatic carbocycles. The monoisotopic (exact) mass is 220 g/mol. The van der Waals surface area contributed by atoms with Crippen LogP contribution in [0.3, 0.4) is 0 Å². The van der Waals surface area contributed by atoms with Gasteiger partial charge in [-0.2, -0.15) is 0 Å². The predicted octanol–water partition coefficient (Wildman–Crippen LogP) is 0.231. The SMILES string of the molecule is C#CCCN1C(=O)C2CCCN2C(=O)C1C. The van der Waals surface area contributed by atoms with Crippen LogP contribution < -0.4 is 0 Å². The molecule has 2 unspecified atom stereocenters. The molecule has 2 heterocycles. The van der Waals surface area contributed by atoms with Crippen molar-refractivity contribution in [1.29, 1.82) is 0 Å². The molecule has 2 amide bonds. The van der Waals surface area contributed by atoms with Crippen LogP contribution in [-0.4, -0.2) is 46.8 Å². The molecule has 16 heavy (non-hydrogen) atoms. The molecule has 2 aliphatic rings. The average Bonchev–Trinajstić information content (AvgIpc) is 2.75. The van der Waals surface area contributed by atoms with E-state index in [0.29, 0.717) is 13.0 Å². The summed E-state index contributed by atoms with van der Waals surface area (Å²) in [5, 5.41) is 0. The van der Waals surface area contributed by atoms with E-state index in [4.69, 9.17) is 6.42 Å². The smallest absolute Gasteiger partial charge is 0.246 e. The minimum absolute atomic E-state index is 0.0686. The molecule has 0 aromatic heterocycles. The maximum Gasteiger partial charge on any atom is 0.246 e. The van der Waals surface area contributed by atoms with Crippen molar-refractivity contribution in [2.45, 2.75) is 38.3 Å². The molecule has 0 N–H and O–H groups in total. The summed E-state index contributed by atoms with van der Waals surface area (Å²) in [6.45, 7) is 3.00. The number of fused-ring (bicyclic) bond motifs is 1. The standard InChI is InChI=1S/C12H16N2O2/c1-3-4-7-13-9(2)11(15)14-8-5-6-10(14)12(13)16/h1,9-10H,4-8H2,2H3. The Kier molecular flexibility index (Phi) is 2.86. The average molecular weight is 220 g/mol. The van der Waals surface area contributed by atoms with Crippen LogP contribution in [0.1, 0.15) is 26.2 Å². The van der Waals surface area contributed by atoms with Crippen molar-refractivity contribution in [3.63, 3.8) is 0 Å². The fraction of sp³-hybridized carbons (Fsp3) is 0.667. The largest absolute Gasteiger partial charge is 0.329 e. The van der Waals surface area contributed by atoms with Gasteiger partial charge in [0.15, 0.2) is 0 Å². The first kappa shape index (κ1) is 11.0. The molecule has 0 aromatic carbocycles. The number of piperazine rings is 1. The zero-order valence-electron chi connectivity index (χ0n) is 9.48. The van der Waals surface area contributed by atoms with Crippen molar-refractivity contribution in [3.05, 3.63) is 0 Å². The van der Waals surface area contributed by atoms with Crippen LogP contribution in [0.2, 0.25) is 0 Å². The predicted molar refractivity (Wildman–Crippen MR) is 59.4 cm³/mol. The molecule has 0 spiro atoms. The van der Waals surface area contributed by atoms with E-state index in [9.17, 15) is 9.59 Å². The van der Waals surface area contributed by atoms with Gasteiger partial charge < -0.3 is 9.80 Å². The van der Waals surface area contributed by atoms with Crippen LogP contribution in [-0.2, 0) is 9.59 Å². The number of hydrogen-bond donors (Lipinski definition) is 0. The van der Waals surface area contributed by atoms with Crippen molar-refractivity contribution in [3.8, 4) is 12.3 Å². The van der Waals surface area contributed by atoms with Crippen LogP contribution in [0.25, 0.3) is 0 Å². The van der Waals surface area contributed by atoms with Gasteiger partial charge in [0.2, 0.25) is 11.8 Å². The highest BCUT2D eigenvalue weighted by atomic mass is 16.2. The van der Waals surface area contributed by atoms with Gasteiger partial charge in [-0.1, -0.05) is 0 Å². The summed E-state index contributed by atoms with van der Waals surface area (Å²) < 4.78 is 0. The van der Waals surface area contributed by atoms with Crippen LogP contribution in [0.4, 0.5) is 0 Å². The Morgan fingerprint density at radius 2 is 2.19 bits per heavy atom. The maximum absolute atomic E-state index is 12.1. The van der Waals surface area contributed by atoms with E-state index >= 15 is 0 Å². The number of terminal acetylenes is 1. The van der Waals surface area contributed by atoms with Gasteiger partial charge in [0, 0.05) is 19.5 Å². The molecule has 0 saturated carbocycles. The summed E-state index contributed by atoms with van der Waals surface area (Å²) in [7, 11) is 0. The summed E-state index contributed by atoms with van der Waals surface area (Å²) in [5.74, 6) is 2.65. The molecule has 2 atom stereocenters. The Hall–Kier alpha value is -1.50. The molecular formula is C12H16N2O2. The van der Waals surface area contributed by atoms with Gasteiger partial charge in [0.05, 0.1) is 0 Å². The van der Waals surface area contributed by atoms with Gasteiger partial charge in [-0.3, -0.25) is 9.59 Å². The molecule has 2 fully saturated rings. The summed E-state index contributed by atoms with van der Waals surface area (Å²) in [6.07, 6.45) is 7.43. The van der Waals surface area contributed by atoms with Crippen LogP contribution >= 0.6 is 0 Å². The fourth-order valence-electron chi connectivity index (χ4n) is 2.53. The van der Waals surface area contributed by atoms with Crippen molar-refractivity contribution in [2.75, 3.05) is 13.1 Å². The van der Waals surface area contributed by atoms with Gasteiger partial charge in [0.25, 0.3) is 0 Å². The highest BCUT2D eigenvalue weighted by Gasteiger charge is 2.45. The van der Waals surface area contributed by atoms with Gasteiger partial charge in [-0.15, -0.1) is 12.3 Å². The summed E-state index contributed by atoms with van der Waals surface area (Å²) >= 11 is 0. The van der Waals surface area contributed by atoms with E-state index < -0.39 is 0 Å². The quantitative estimate of drug-likeness (QED) is 0.625. The topological polar surface area (TPSA) is 40.6 Å². The zero-order chi connectivity index (χ0) is 11.7. The number of rotatable bonds is 2. The third kappa shape index (κ3) is 1.57. The van der Waals surface area contributed by atoms with Crippen LogP contribution in [0.5, 0.6) is 0 Å². The fourth-order valence-corrected chi connectivity index (χ4v) is 2.53. The summed E-state index contributed by atoms with van der Waals surface area (Å²) in [5.41, 5.74) is 0. The van der Waals surface area contributed by atoms with E-state index in [0.717, 1.165) is 19.4 Å². The normalized spacial score (nSPS) is 29.2. The second kappa shape index (κ2) is 4.17. The third-order valence-electron chi connectivity index (χ3n) is 3.43. The highest BCUT2D eigenvalue weighted by Crippen LogP contribution is 2.26. The molecule has 0 aromatic rings. The Labute approximate surface area is 95.6 Å². The minimum atomic E-state index is -0.352. The zero-order valence-corrected chi connectivity index (χ0v) is 9.48. The highest BCUT2D eigenvalue weighted by molar-refractivity contribution is 5.97. The summed E-state index contributed by atoms with van der Waals surface area (Å²) in [4.78, 5) is 27.5. The first-order valence-corrected chi connectivity index (χ1v) is 5.71. The first-order chi connectivity index (χ1) is 7.66. The van der Waals surface area contributed by atoms with Gasteiger partial charge in [0.1, 0.15) is 12.1 Å². The Morgan fingerprint density at radius 1 is 1.44 bits per heavy atom. The van der Waals surface area contributed by atoms with Gasteiger partial charge >= 0.3 is 0 Å². The summed E-state index contributed by atoms with van der Waals surface area (Å²) in [6, 6.07) is -0.573. The van der Waals surface area contributed by atoms with E-state index in [1.54, 1.807) is 16.7 Å². The number of carbonyl (C=O) groups excluding carboxylic acids is 2. The lowest BCUT2D eigenvalue weighted by atomic mass is 10.1. The lowest BCUT2D eigenvalue weighted by Crippen LogP contribution is -2.61. The van der Waals surface area contributed by atoms with Crippen molar-refractivity contribution in [1.82, 2.24) is 9.80 Å². The molecule has 2 rings (SSSR count). The molecule has 4 nitrogen and oxygen atoms in total. The van der Waals surface area contributed by atoms with Crippen LogP contribution in [0.15, 0.2) is 0 Å². The minimum Gasteiger partial charge on any atom is -0.329 e. The number of carbonyl (C=O) groups is 2. The maximum atomic E-state index is 12.1. The molecule has 0 radical (unpaired) electrons. The molecule has 0 bridgehead atoms. The second-order valence-electron chi connectivity index (χ2n) is 4.35. The molecule has 2 aliphatic heterocycles. The van der Waals surface area contributed by atoms with E-state index in [1.807, 2.05) is 0 Å².